The molecule has 3 amide bonds. The number of carbonyl (C=O) groups is 3. The van der Waals surface area contributed by atoms with Gasteiger partial charge in [0.1, 0.15) is 0 Å². The van der Waals surface area contributed by atoms with Gasteiger partial charge in [-0.05, 0) is 31.0 Å². The minimum atomic E-state index is -0.939. The van der Waals surface area contributed by atoms with E-state index in [1.54, 1.807) is 11.9 Å². The third kappa shape index (κ3) is 4.47. The summed E-state index contributed by atoms with van der Waals surface area (Å²) in [5.41, 5.74) is 1.74. The lowest BCUT2D eigenvalue weighted by molar-refractivity contribution is -0.137. The van der Waals surface area contributed by atoms with Gasteiger partial charge in [0.25, 0.3) is 0 Å². The highest BCUT2D eigenvalue weighted by molar-refractivity contribution is 5.95. The van der Waals surface area contributed by atoms with Crippen LogP contribution in [0.4, 0.5) is 10.5 Å². The minimum absolute atomic E-state index is 0.0924. The third-order valence-electron chi connectivity index (χ3n) is 4.10. The predicted molar refractivity (Wildman–Crippen MR) is 89.9 cm³/mol. The van der Waals surface area contributed by atoms with Gasteiger partial charge >= 0.3 is 12.0 Å². The van der Waals surface area contributed by atoms with Crippen molar-refractivity contribution in [3.05, 3.63) is 29.8 Å². The summed E-state index contributed by atoms with van der Waals surface area (Å²) in [5.74, 6) is -0.817. The number of anilines is 1. The second kappa shape index (κ2) is 7.81. The molecule has 1 aromatic carbocycles. The van der Waals surface area contributed by atoms with Gasteiger partial charge in [0.2, 0.25) is 5.91 Å². The van der Waals surface area contributed by atoms with Crippen molar-refractivity contribution in [3.8, 4) is 0 Å². The van der Waals surface area contributed by atoms with Gasteiger partial charge in [0.15, 0.2) is 0 Å². The van der Waals surface area contributed by atoms with Crippen molar-refractivity contribution < 1.29 is 19.5 Å². The maximum absolute atomic E-state index is 12.1. The summed E-state index contributed by atoms with van der Waals surface area (Å²) in [5, 5.41) is 11.5. The largest absolute Gasteiger partial charge is 0.481 e. The molecule has 0 aliphatic carbocycles. The van der Waals surface area contributed by atoms with Gasteiger partial charge in [-0.2, -0.15) is 0 Å². The molecule has 1 unspecified atom stereocenters. The molecule has 7 nitrogen and oxygen atoms in total. The van der Waals surface area contributed by atoms with Crippen LogP contribution in [0.2, 0.25) is 0 Å². The Labute approximate surface area is 141 Å². The Kier molecular flexibility index (Phi) is 5.78. The number of urea groups is 1. The van der Waals surface area contributed by atoms with Gasteiger partial charge in [0, 0.05) is 32.2 Å². The normalized spacial score (nSPS) is 15.2. The first-order valence-electron chi connectivity index (χ1n) is 8.02. The number of hydrogen-bond acceptors (Lipinski definition) is 3. The molecular weight excluding hydrogens is 310 g/mol. The standard InChI is InChI=1S/C17H23N3O4/c1-12(18-17(24)19(2)10-8-16(22)23)13-5-3-6-14(11-13)20-9-4-7-15(20)21/h3,5-6,11-12H,4,7-10H2,1-2H3,(H,18,24)(H,22,23). The molecule has 2 N–H and O–H groups in total. The average Bonchev–Trinajstić information content (AvgIpc) is 2.98. The van der Waals surface area contributed by atoms with Crippen LogP contribution in [0.1, 0.15) is 37.8 Å². The molecule has 7 heteroatoms. The number of nitrogens with one attached hydrogen (secondary N) is 1. The smallest absolute Gasteiger partial charge is 0.317 e. The van der Waals surface area contributed by atoms with Crippen molar-refractivity contribution in [1.82, 2.24) is 10.2 Å². The first kappa shape index (κ1) is 17.8. The Morgan fingerprint density at radius 1 is 1.42 bits per heavy atom. The number of aliphatic carboxylic acids is 1. The molecule has 1 aliphatic heterocycles. The molecular formula is C17H23N3O4. The van der Waals surface area contributed by atoms with Crippen molar-refractivity contribution >= 4 is 23.6 Å². The summed E-state index contributed by atoms with van der Waals surface area (Å²) in [7, 11) is 1.56. The van der Waals surface area contributed by atoms with E-state index in [9.17, 15) is 14.4 Å². The third-order valence-corrected chi connectivity index (χ3v) is 4.10. The zero-order chi connectivity index (χ0) is 17.7. The zero-order valence-electron chi connectivity index (χ0n) is 14.0. The summed E-state index contributed by atoms with van der Waals surface area (Å²) in [6, 6.07) is 6.99. The van der Waals surface area contributed by atoms with Crippen LogP contribution in [0, 0.1) is 0 Å². The van der Waals surface area contributed by atoms with Crippen molar-refractivity contribution in [2.45, 2.75) is 32.2 Å². The minimum Gasteiger partial charge on any atom is -0.481 e. The van der Waals surface area contributed by atoms with E-state index in [2.05, 4.69) is 5.32 Å². The van der Waals surface area contributed by atoms with E-state index in [4.69, 9.17) is 5.11 Å². The topological polar surface area (TPSA) is 89.9 Å². The number of rotatable bonds is 6. The van der Waals surface area contributed by atoms with Crippen LogP contribution in [0.15, 0.2) is 24.3 Å². The first-order chi connectivity index (χ1) is 11.4. The van der Waals surface area contributed by atoms with Gasteiger partial charge in [-0.15, -0.1) is 0 Å². The van der Waals surface area contributed by atoms with Crippen molar-refractivity contribution in [2.24, 2.45) is 0 Å². The fourth-order valence-corrected chi connectivity index (χ4v) is 2.63. The molecule has 1 aromatic rings. The van der Waals surface area contributed by atoms with Gasteiger partial charge in [-0.25, -0.2) is 4.79 Å². The lowest BCUT2D eigenvalue weighted by Crippen LogP contribution is -2.39. The van der Waals surface area contributed by atoms with E-state index in [-0.39, 0.29) is 30.9 Å². The second-order valence-corrected chi connectivity index (χ2v) is 5.98. The summed E-state index contributed by atoms with van der Waals surface area (Å²) < 4.78 is 0. The maximum atomic E-state index is 12.1. The van der Waals surface area contributed by atoms with E-state index in [1.165, 1.54) is 4.90 Å². The molecule has 2 rings (SSSR count). The van der Waals surface area contributed by atoms with Crippen LogP contribution in [-0.2, 0) is 9.59 Å². The van der Waals surface area contributed by atoms with E-state index < -0.39 is 5.97 Å². The summed E-state index contributed by atoms with van der Waals surface area (Å²) in [4.78, 5) is 37.6. The van der Waals surface area contributed by atoms with Crippen molar-refractivity contribution in [3.63, 3.8) is 0 Å². The number of hydrogen-bond donors (Lipinski definition) is 2. The van der Waals surface area contributed by atoms with E-state index in [0.717, 1.165) is 24.2 Å². The lowest BCUT2D eigenvalue weighted by Gasteiger charge is -2.22. The van der Waals surface area contributed by atoms with E-state index in [1.807, 2.05) is 31.2 Å². The van der Waals surface area contributed by atoms with E-state index >= 15 is 0 Å². The lowest BCUT2D eigenvalue weighted by atomic mass is 10.1. The van der Waals surface area contributed by atoms with Gasteiger partial charge in [0.05, 0.1) is 12.5 Å². The SMILES string of the molecule is CC(NC(=O)N(C)CCC(=O)O)c1cccc(N2CCCC2=O)c1. The summed E-state index contributed by atoms with van der Waals surface area (Å²) in [6.45, 7) is 2.73. The highest BCUT2D eigenvalue weighted by atomic mass is 16.4. The van der Waals surface area contributed by atoms with Crippen LogP contribution >= 0.6 is 0 Å². The molecule has 1 saturated heterocycles. The van der Waals surface area contributed by atoms with Crippen LogP contribution in [0.5, 0.6) is 0 Å². The van der Waals surface area contributed by atoms with Crippen LogP contribution in [-0.4, -0.2) is 48.1 Å². The molecule has 0 bridgehead atoms. The molecule has 0 saturated carbocycles. The number of carboxylic acids is 1. The summed E-state index contributed by atoms with van der Waals surface area (Å²) >= 11 is 0. The second-order valence-electron chi connectivity index (χ2n) is 5.98. The number of carboxylic acid groups (broad SMARTS) is 1. The number of benzene rings is 1. The van der Waals surface area contributed by atoms with Crippen molar-refractivity contribution in [2.75, 3.05) is 25.0 Å². The fraction of sp³-hybridized carbons (Fsp3) is 0.471. The highest BCUT2D eigenvalue weighted by Crippen LogP contribution is 2.24. The van der Waals surface area contributed by atoms with Gasteiger partial charge in [-0.1, -0.05) is 12.1 Å². The molecule has 0 radical (unpaired) electrons. The Morgan fingerprint density at radius 3 is 2.79 bits per heavy atom. The molecule has 1 heterocycles. The number of nitrogens with zero attached hydrogens (tertiary/aromatic N) is 2. The molecule has 0 aromatic heterocycles. The molecule has 1 fully saturated rings. The number of amides is 3. The van der Waals surface area contributed by atoms with E-state index in [0.29, 0.717) is 6.42 Å². The maximum Gasteiger partial charge on any atom is 0.317 e. The van der Waals surface area contributed by atoms with Gasteiger partial charge in [-0.3, -0.25) is 9.59 Å². The fourth-order valence-electron chi connectivity index (χ4n) is 2.63. The molecule has 1 aliphatic rings. The van der Waals surface area contributed by atoms with Gasteiger partial charge < -0.3 is 20.2 Å². The van der Waals surface area contributed by atoms with Crippen LogP contribution in [0.3, 0.4) is 0 Å². The van der Waals surface area contributed by atoms with Crippen molar-refractivity contribution in [1.29, 1.82) is 0 Å². The quantitative estimate of drug-likeness (QED) is 0.833. The Bertz CT molecular complexity index is 632. The highest BCUT2D eigenvalue weighted by Gasteiger charge is 2.22. The average molecular weight is 333 g/mol. The molecule has 24 heavy (non-hydrogen) atoms. The molecule has 1 atom stereocenters. The first-order valence-corrected chi connectivity index (χ1v) is 8.02. The monoisotopic (exact) mass is 333 g/mol. The Morgan fingerprint density at radius 2 is 2.17 bits per heavy atom. The zero-order valence-corrected chi connectivity index (χ0v) is 14.0. The Balaban J connectivity index is 1.99. The molecule has 0 spiro atoms. The van der Waals surface area contributed by atoms with Crippen LogP contribution < -0.4 is 10.2 Å². The summed E-state index contributed by atoms with van der Waals surface area (Å²) in [6.07, 6.45) is 1.35. The molecule has 130 valence electrons. The van der Waals surface area contributed by atoms with Crippen LogP contribution in [0.25, 0.3) is 0 Å². The Hall–Kier alpha value is -2.57. The predicted octanol–water partition coefficient (Wildman–Crippen LogP) is 1.99. The number of carbonyl (C=O) groups excluding carboxylic acids is 2.